The van der Waals surface area contributed by atoms with Crippen LogP contribution in [0.1, 0.15) is 24.1 Å². The van der Waals surface area contributed by atoms with E-state index in [1.165, 1.54) is 11.3 Å². The molecule has 2 saturated heterocycles. The summed E-state index contributed by atoms with van der Waals surface area (Å²) >= 11 is 1.22. The molecule has 1 aromatic carbocycles. The van der Waals surface area contributed by atoms with Crippen molar-refractivity contribution in [2.45, 2.75) is 35.9 Å². The van der Waals surface area contributed by atoms with Crippen molar-refractivity contribution in [3.63, 3.8) is 0 Å². The molecule has 4 rings (SSSR count). The zero-order valence-electron chi connectivity index (χ0n) is 15.7. The van der Waals surface area contributed by atoms with E-state index in [4.69, 9.17) is 0 Å². The molecule has 0 saturated carbocycles. The summed E-state index contributed by atoms with van der Waals surface area (Å²) in [6.07, 6.45) is 3.02. The maximum absolute atomic E-state index is 12.7. The number of carbonyl (C=O) groups excluding carboxylic acids is 1. The molecule has 2 aliphatic heterocycles. The minimum Gasteiger partial charge on any atom is -0.380 e. The largest absolute Gasteiger partial charge is 0.380 e. The predicted octanol–water partition coefficient (Wildman–Crippen LogP) is 2.79. The minimum atomic E-state index is -3.40. The van der Waals surface area contributed by atoms with Crippen LogP contribution in [0.4, 0.5) is 5.69 Å². The Morgan fingerprint density at radius 1 is 1.07 bits per heavy atom. The van der Waals surface area contributed by atoms with Gasteiger partial charge in [0.1, 0.15) is 4.21 Å². The summed E-state index contributed by atoms with van der Waals surface area (Å²) in [5, 5.41) is 3.47. The first-order valence-electron chi connectivity index (χ1n) is 9.70. The topological polar surface area (TPSA) is 69.7 Å². The Kier molecular flexibility index (Phi) is 5.70. The van der Waals surface area contributed by atoms with E-state index in [2.05, 4.69) is 5.32 Å². The number of nitrogens with zero attached hydrogens (tertiary/aromatic N) is 2. The second-order valence-electron chi connectivity index (χ2n) is 7.34. The molecule has 2 aromatic rings. The Hall–Kier alpha value is -1.90. The highest BCUT2D eigenvalue weighted by Gasteiger charge is 2.30. The molecular formula is C20H25N3O3S2. The quantitative estimate of drug-likeness (QED) is 0.782. The van der Waals surface area contributed by atoms with Gasteiger partial charge in [0.15, 0.2) is 0 Å². The summed E-state index contributed by atoms with van der Waals surface area (Å²) in [6, 6.07) is 13.7. The van der Waals surface area contributed by atoms with Crippen molar-refractivity contribution in [3.05, 3.63) is 47.3 Å². The van der Waals surface area contributed by atoms with Crippen LogP contribution in [0.15, 0.2) is 46.7 Å². The van der Waals surface area contributed by atoms with E-state index in [1.807, 2.05) is 35.2 Å². The standard InChI is InChI=1S/C20H25N3O3S2/c24-19(22-13-10-17(15-22)21-16-6-2-1-3-7-16)14-18-8-9-20(27-18)28(25,26)23-11-4-5-12-23/h1-3,6-9,17,21H,4-5,10-15H2. The van der Waals surface area contributed by atoms with Crippen LogP contribution in [-0.4, -0.2) is 55.8 Å². The molecule has 0 bridgehead atoms. The molecule has 1 amide bonds. The summed E-state index contributed by atoms with van der Waals surface area (Å²) in [7, 11) is -3.40. The Morgan fingerprint density at radius 3 is 2.57 bits per heavy atom. The Bertz CT molecular complexity index is 921. The SMILES string of the molecule is O=C(Cc1ccc(S(=O)(=O)N2CCCC2)s1)N1CCC(Nc2ccccc2)C1. The van der Waals surface area contributed by atoms with Crippen molar-refractivity contribution in [2.24, 2.45) is 0 Å². The van der Waals surface area contributed by atoms with Gasteiger partial charge < -0.3 is 10.2 Å². The summed E-state index contributed by atoms with van der Waals surface area (Å²) in [6.45, 7) is 2.60. The van der Waals surface area contributed by atoms with Gasteiger partial charge in [-0.25, -0.2) is 8.42 Å². The van der Waals surface area contributed by atoms with Crippen molar-refractivity contribution in [3.8, 4) is 0 Å². The first-order chi connectivity index (χ1) is 13.5. The summed E-state index contributed by atoms with van der Waals surface area (Å²) in [5.41, 5.74) is 1.07. The summed E-state index contributed by atoms with van der Waals surface area (Å²) in [4.78, 5) is 15.4. The van der Waals surface area contributed by atoms with E-state index < -0.39 is 10.0 Å². The maximum atomic E-state index is 12.7. The third-order valence-corrected chi connectivity index (χ3v) is 8.76. The Morgan fingerprint density at radius 2 is 1.82 bits per heavy atom. The fourth-order valence-corrected chi connectivity index (χ4v) is 6.80. The van der Waals surface area contributed by atoms with E-state index in [-0.39, 0.29) is 18.4 Å². The van der Waals surface area contributed by atoms with Crippen molar-refractivity contribution in [1.82, 2.24) is 9.21 Å². The fraction of sp³-hybridized carbons (Fsp3) is 0.450. The Balaban J connectivity index is 1.34. The molecule has 0 aliphatic carbocycles. The molecule has 0 spiro atoms. The van der Waals surface area contributed by atoms with Crippen LogP contribution in [0.5, 0.6) is 0 Å². The number of hydrogen-bond donors (Lipinski definition) is 1. The number of likely N-dealkylation sites (tertiary alicyclic amines) is 1. The van der Waals surface area contributed by atoms with E-state index in [9.17, 15) is 13.2 Å². The van der Waals surface area contributed by atoms with Gasteiger partial charge in [-0.15, -0.1) is 11.3 Å². The molecule has 6 nitrogen and oxygen atoms in total. The third-order valence-electron chi connectivity index (χ3n) is 5.31. The third kappa shape index (κ3) is 4.24. The highest BCUT2D eigenvalue weighted by Crippen LogP contribution is 2.28. The highest BCUT2D eigenvalue weighted by atomic mass is 32.2. The van der Waals surface area contributed by atoms with Crippen molar-refractivity contribution in [2.75, 3.05) is 31.5 Å². The lowest BCUT2D eigenvalue weighted by molar-refractivity contribution is -0.129. The van der Waals surface area contributed by atoms with Crippen LogP contribution in [0.25, 0.3) is 0 Å². The summed E-state index contributed by atoms with van der Waals surface area (Å²) < 4.78 is 27.2. The maximum Gasteiger partial charge on any atom is 0.252 e. The lowest BCUT2D eigenvalue weighted by Crippen LogP contribution is -2.32. The zero-order valence-corrected chi connectivity index (χ0v) is 17.3. The number of sulfonamides is 1. The average molecular weight is 420 g/mol. The minimum absolute atomic E-state index is 0.0596. The lowest BCUT2D eigenvalue weighted by Gasteiger charge is -2.17. The number of nitrogens with one attached hydrogen (secondary N) is 1. The normalized spacial score (nSPS) is 20.6. The monoisotopic (exact) mass is 419 g/mol. The Labute approximate surface area is 170 Å². The number of benzene rings is 1. The zero-order chi connectivity index (χ0) is 19.6. The molecule has 1 aromatic heterocycles. The number of thiophene rings is 1. The van der Waals surface area contributed by atoms with Crippen molar-refractivity contribution in [1.29, 1.82) is 0 Å². The number of rotatable bonds is 6. The van der Waals surface area contributed by atoms with Crippen molar-refractivity contribution < 1.29 is 13.2 Å². The van der Waals surface area contributed by atoms with Gasteiger partial charge >= 0.3 is 0 Å². The molecule has 2 fully saturated rings. The molecule has 3 heterocycles. The van der Waals surface area contributed by atoms with E-state index in [0.717, 1.165) is 36.4 Å². The van der Waals surface area contributed by atoms with Crippen LogP contribution in [0.2, 0.25) is 0 Å². The van der Waals surface area contributed by atoms with Gasteiger partial charge in [-0.05, 0) is 43.5 Å². The molecule has 150 valence electrons. The number of hydrogen-bond acceptors (Lipinski definition) is 5. The fourth-order valence-electron chi connectivity index (χ4n) is 3.78. The number of para-hydroxylation sites is 1. The van der Waals surface area contributed by atoms with Gasteiger partial charge in [-0.2, -0.15) is 4.31 Å². The molecule has 28 heavy (non-hydrogen) atoms. The van der Waals surface area contributed by atoms with Crippen LogP contribution in [0.3, 0.4) is 0 Å². The van der Waals surface area contributed by atoms with E-state index in [0.29, 0.717) is 23.8 Å². The second-order valence-corrected chi connectivity index (χ2v) is 10.7. The first-order valence-corrected chi connectivity index (χ1v) is 12.0. The second kappa shape index (κ2) is 8.23. The molecule has 1 unspecified atom stereocenters. The van der Waals surface area contributed by atoms with E-state index in [1.54, 1.807) is 16.4 Å². The van der Waals surface area contributed by atoms with Gasteiger partial charge in [-0.1, -0.05) is 18.2 Å². The average Bonchev–Trinajstić information content (AvgIpc) is 3.44. The number of anilines is 1. The molecule has 1 atom stereocenters. The van der Waals surface area contributed by atoms with E-state index >= 15 is 0 Å². The number of carbonyl (C=O) groups is 1. The van der Waals surface area contributed by atoms with Gasteiger partial charge in [0.2, 0.25) is 5.91 Å². The summed E-state index contributed by atoms with van der Waals surface area (Å²) in [5.74, 6) is 0.0596. The molecule has 0 radical (unpaired) electrons. The van der Waals surface area contributed by atoms with Crippen LogP contribution in [-0.2, 0) is 21.2 Å². The predicted molar refractivity (Wildman–Crippen MR) is 111 cm³/mol. The van der Waals surface area contributed by atoms with Gasteiger partial charge in [0, 0.05) is 42.8 Å². The van der Waals surface area contributed by atoms with Crippen LogP contribution >= 0.6 is 11.3 Å². The van der Waals surface area contributed by atoms with Gasteiger partial charge in [0.25, 0.3) is 10.0 Å². The first kappa shape index (κ1) is 19.4. The van der Waals surface area contributed by atoms with Crippen LogP contribution < -0.4 is 5.32 Å². The van der Waals surface area contributed by atoms with Crippen LogP contribution in [0, 0.1) is 0 Å². The lowest BCUT2D eigenvalue weighted by atomic mass is 10.2. The molecule has 1 N–H and O–H groups in total. The van der Waals surface area contributed by atoms with Gasteiger partial charge in [0.05, 0.1) is 6.42 Å². The highest BCUT2D eigenvalue weighted by molar-refractivity contribution is 7.91. The van der Waals surface area contributed by atoms with Gasteiger partial charge in [-0.3, -0.25) is 4.79 Å². The smallest absolute Gasteiger partial charge is 0.252 e. The van der Waals surface area contributed by atoms with Crippen molar-refractivity contribution >= 4 is 33.0 Å². The molecule has 2 aliphatic rings. The molecular weight excluding hydrogens is 394 g/mol. The molecule has 8 heteroatoms. The number of amides is 1.